The van der Waals surface area contributed by atoms with Crippen LogP contribution in [0.3, 0.4) is 0 Å². The lowest BCUT2D eigenvalue weighted by Crippen LogP contribution is -2.38. The highest BCUT2D eigenvalue weighted by atomic mass is 16.5. The lowest BCUT2D eigenvalue weighted by atomic mass is 10.1. The molecule has 2 aromatic rings. The van der Waals surface area contributed by atoms with E-state index >= 15 is 0 Å². The quantitative estimate of drug-likeness (QED) is 0.766. The molecule has 2 atom stereocenters. The van der Waals surface area contributed by atoms with E-state index in [0.29, 0.717) is 12.2 Å². The Kier molecular flexibility index (Phi) is 5.22. The van der Waals surface area contributed by atoms with Crippen molar-refractivity contribution in [2.45, 2.75) is 37.9 Å². The highest BCUT2D eigenvalue weighted by Gasteiger charge is 2.26. The number of esters is 1. The molecule has 138 valence electrons. The van der Waals surface area contributed by atoms with Gasteiger partial charge in [0.1, 0.15) is 16.9 Å². The summed E-state index contributed by atoms with van der Waals surface area (Å²) in [5.41, 5.74) is 4.89. The number of carbonyl (C=O) groups is 2. The molecule has 0 radical (unpaired) electrons. The van der Waals surface area contributed by atoms with Crippen molar-refractivity contribution >= 4 is 11.9 Å². The van der Waals surface area contributed by atoms with Crippen molar-refractivity contribution in [1.29, 1.82) is 0 Å². The second-order valence-corrected chi connectivity index (χ2v) is 6.40. The molecule has 8 heteroatoms. The van der Waals surface area contributed by atoms with E-state index in [-0.39, 0.29) is 29.8 Å². The number of nitrogens with one attached hydrogen (secondary N) is 1. The van der Waals surface area contributed by atoms with Crippen molar-refractivity contribution in [2.24, 2.45) is 5.73 Å². The second kappa shape index (κ2) is 7.57. The van der Waals surface area contributed by atoms with Crippen LogP contribution in [0.1, 0.15) is 45.7 Å². The predicted molar refractivity (Wildman–Crippen MR) is 92.9 cm³/mol. The van der Waals surface area contributed by atoms with Crippen molar-refractivity contribution < 1.29 is 18.7 Å². The average Bonchev–Trinajstić information content (AvgIpc) is 3.27. The van der Waals surface area contributed by atoms with Crippen LogP contribution >= 0.6 is 0 Å². The number of ether oxygens (including phenoxy) is 1. The minimum absolute atomic E-state index is 0.0531. The van der Waals surface area contributed by atoms with Gasteiger partial charge in [-0.2, -0.15) is 0 Å². The first-order chi connectivity index (χ1) is 12.5. The fourth-order valence-electron chi connectivity index (χ4n) is 3.13. The normalized spacial score (nSPS) is 19.3. The largest absolute Gasteiger partial charge is 0.467 e. The smallest absolute Gasteiger partial charge is 0.343 e. The average molecular weight is 359 g/mol. The lowest BCUT2D eigenvalue weighted by Gasteiger charge is -2.14. The number of hydrogen-bond acceptors (Lipinski definition) is 6. The minimum Gasteiger partial charge on any atom is -0.467 e. The van der Waals surface area contributed by atoms with E-state index in [0.717, 1.165) is 12.8 Å². The summed E-state index contributed by atoms with van der Waals surface area (Å²) in [6.45, 7) is 0.270. The van der Waals surface area contributed by atoms with E-state index < -0.39 is 17.3 Å². The Bertz CT molecular complexity index is 856. The highest BCUT2D eigenvalue weighted by molar-refractivity contribution is 5.97. The predicted octanol–water partition coefficient (Wildman–Crippen LogP) is 0.886. The van der Waals surface area contributed by atoms with Crippen LogP contribution in [0.4, 0.5) is 0 Å². The zero-order valence-corrected chi connectivity index (χ0v) is 14.4. The van der Waals surface area contributed by atoms with Gasteiger partial charge in [0.25, 0.3) is 5.91 Å². The molecule has 1 aliphatic carbocycles. The molecule has 1 saturated carbocycles. The summed E-state index contributed by atoms with van der Waals surface area (Å²) in [6, 6.07) is 3.47. The van der Waals surface area contributed by atoms with E-state index in [4.69, 9.17) is 10.2 Å². The Balaban J connectivity index is 1.92. The van der Waals surface area contributed by atoms with E-state index in [1.807, 2.05) is 0 Å². The molecule has 1 fully saturated rings. The van der Waals surface area contributed by atoms with Gasteiger partial charge in [-0.25, -0.2) is 4.79 Å². The van der Waals surface area contributed by atoms with Gasteiger partial charge in [0.2, 0.25) is 5.43 Å². The number of furan rings is 1. The molecule has 0 aromatic carbocycles. The van der Waals surface area contributed by atoms with E-state index in [1.165, 1.54) is 25.8 Å². The monoisotopic (exact) mass is 359 g/mol. The van der Waals surface area contributed by atoms with Gasteiger partial charge in [0.15, 0.2) is 0 Å². The number of hydrogen-bond donors (Lipinski definition) is 2. The molecule has 0 spiro atoms. The van der Waals surface area contributed by atoms with Gasteiger partial charge in [-0.3, -0.25) is 9.59 Å². The third-order valence-electron chi connectivity index (χ3n) is 4.46. The molecule has 2 heterocycles. The maximum absolute atomic E-state index is 12.6. The summed E-state index contributed by atoms with van der Waals surface area (Å²) in [6.07, 6.45) is 6.57. The summed E-state index contributed by atoms with van der Waals surface area (Å²) in [7, 11) is 1.19. The molecule has 1 aliphatic rings. The van der Waals surface area contributed by atoms with E-state index in [1.54, 1.807) is 16.7 Å². The summed E-state index contributed by atoms with van der Waals surface area (Å²) in [4.78, 5) is 37.1. The van der Waals surface area contributed by atoms with Gasteiger partial charge >= 0.3 is 5.97 Å². The van der Waals surface area contributed by atoms with E-state index in [2.05, 4.69) is 10.1 Å². The van der Waals surface area contributed by atoms with Gasteiger partial charge < -0.3 is 24.8 Å². The van der Waals surface area contributed by atoms with Crippen molar-refractivity contribution in [3.8, 4) is 0 Å². The molecule has 3 N–H and O–H groups in total. The van der Waals surface area contributed by atoms with Gasteiger partial charge in [-0.1, -0.05) is 0 Å². The standard InChI is InChI=1S/C18H21N3O5/c1-25-18(24)15-10-21(8-13-3-2-6-26-13)9-14(16(15)22)17(23)20-12-5-4-11(19)7-12/h2-3,6,9-12H,4-5,7-8,19H2,1H3,(H,20,23)/t11-,12-/m1/s1. The van der Waals surface area contributed by atoms with Gasteiger partial charge in [0.05, 0.1) is 19.9 Å². The number of pyridine rings is 1. The lowest BCUT2D eigenvalue weighted by molar-refractivity contribution is 0.0598. The minimum atomic E-state index is -0.791. The van der Waals surface area contributed by atoms with Crippen molar-refractivity contribution in [1.82, 2.24) is 9.88 Å². The van der Waals surface area contributed by atoms with Crippen LogP contribution in [-0.4, -0.2) is 35.6 Å². The molecule has 0 aliphatic heterocycles. The first-order valence-electron chi connectivity index (χ1n) is 8.39. The molecule has 2 aromatic heterocycles. The van der Waals surface area contributed by atoms with Crippen LogP contribution in [0.5, 0.6) is 0 Å². The molecule has 0 bridgehead atoms. The zero-order valence-electron chi connectivity index (χ0n) is 14.4. The third kappa shape index (κ3) is 3.85. The highest BCUT2D eigenvalue weighted by Crippen LogP contribution is 2.17. The number of nitrogens with zero attached hydrogens (tertiary/aromatic N) is 1. The van der Waals surface area contributed by atoms with Crippen LogP contribution in [0.25, 0.3) is 0 Å². The Hall–Kier alpha value is -2.87. The van der Waals surface area contributed by atoms with Gasteiger partial charge in [-0.05, 0) is 31.4 Å². The van der Waals surface area contributed by atoms with Crippen LogP contribution in [-0.2, 0) is 11.3 Å². The van der Waals surface area contributed by atoms with E-state index in [9.17, 15) is 14.4 Å². The molecule has 8 nitrogen and oxygen atoms in total. The van der Waals surface area contributed by atoms with Crippen LogP contribution < -0.4 is 16.5 Å². The van der Waals surface area contributed by atoms with Crippen molar-refractivity contribution in [3.63, 3.8) is 0 Å². The Morgan fingerprint density at radius 1 is 1.35 bits per heavy atom. The van der Waals surface area contributed by atoms with Crippen molar-refractivity contribution in [2.75, 3.05) is 7.11 Å². The second-order valence-electron chi connectivity index (χ2n) is 6.40. The maximum Gasteiger partial charge on any atom is 0.343 e. The first kappa shape index (κ1) is 17.9. The fourth-order valence-corrected chi connectivity index (χ4v) is 3.13. The van der Waals surface area contributed by atoms with Crippen LogP contribution in [0, 0.1) is 0 Å². The topological polar surface area (TPSA) is 117 Å². The number of carbonyl (C=O) groups excluding carboxylic acids is 2. The zero-order chi connectivity index (χ0) is 18.7. The molecule has 0 unspecified atom stereocenters. The summed E-state index contributed by atoms with van der Waals surface area (Å²) >= 11 is 0. The number of methoxy groups -OCH3 is 1. The molecule has 1 amide bonds. The maximum atomic E-state index is 12.6. The van der Waals surface area contributed by atoms with Gasteiger partial charge in [-0.15, -0.1) is 0 Å². The van der Waals surface area contributed by atoms with Crippen LogP contribution in [0.15, 0.2) is 40.0 Å². The molecular weight excluding hydrogens is 338 g/mol. The molecule has 3 rings (SSSR count). The molecule has 0 saturated heterocycles. The summed E-state index contributed by atoms with van der Waals surface area (Å²) < 4.78 is 11.5. The summed E-state index contributed by atoms with van der Waals surface area (Å²) in [5.74, 6) is -0.689. The Morgan fingerprint density at radius 3 is 2.73 bits per heavy atom. The number of aromatic nitrogens is 1. The Labute approximate surface area is 149 Å². The first-order valence-corrected chi connectivity index (χ1v) is 8.39. The summed E-state index contributed by atoms with van der Waals surface area (Å²) in [5, 5.41) is 2.83. The number of rotatable bonds is 5. The Morgan fingerprint density at radius 2 is 2.12 bits per heavy atom. The van der Waals surface area contributed by atoms with Crippen LogP contribution in [0.2, 0.25) is 0 Å². The van der Waals surface area contributed by atoms with Crippen molar-refractivity contribution in [3.05, 3.63) is 57.9 Å². The third-order valence-corrected chi connectivity index (χ3v) is 4.46. The number of amides is 1. The fraction of sp³-hybridized carbons (Fsp3) is 0.389. The number of nitrogens with two attached hydrogens (primary N) is 1. The SMILES string of the molecule is COC(=O)c1cn(Cc2ccco2)cc(C(=O)N[C@@H]2CC[C@@H](N)C2)c1=O. The molecule has 26 heavy (non-hydrogen) atoms. The molecular formula is C18H21N3O5. The van der Waals surface area contributed by atoms with Gasteiger partial charge in [0, 0.05) is 24.5 Å².